The molecule has 0 spiro atoms. The highest BCUT2D eigenvalue weighted by atomic mass is 16.1. The smallest absolute Gasteiger partial charge is 0.127 e. The Hall–Kier alpha value is -1.31. The van der Waals surface area contributed by atoms with E-state index in [1.54, 1.807) is 0 Å². The predicted octanol–water partition coefficient (Wildman–Crippen LogP) is 4.55. The van der Waals surface area contributed by atoms with Crippen LogP contribution in [-0.4, -0.2) is 6.29 Å². The Morgan fingerprint density at radius 2 is 1.79 bits per heavy atom. The van der Waals surface area contributed by atoms with E-state index in [0.29, 0.717) is 5.92 Å². The van der Waals surface area contributed by atoms with Crippen LogP contribution in [0.5, 0.6) is 0 Å². The van der Waals surface area contributed by atoms with E-state index in [0.717, 1.165) is 30.4 Å². The lowest BCUT2D eigenvalue weighted by Gasteiger charge is -2.23. The third-order valence-corrected chi connectivity index (χ3v) is 3.81. The van der Waals surface area contributed by atoms with E-state index in [2.05, 4.69) is 13.8 Å². The van der Waals surface area contributed by atoms with Gasteiger partial charge in [-0.3, -0.25) is 0 Å². The van der Waals surface area contributed by atoms with Crippen molar-refractivity contribution < 1.29 is 4.79 Å². The van der Waals surface area contributed by atoms with Gasteiger partial charge in [-0.05, 0) is 36.5 Å². The number of rotatable bonds is 9. The van der Waals surface area contributed by atoms with Crippen molar-refractivity contribution >= 4 is 12.0 Å². The third-order valence-electron chi connectivity index (χ3n) is 3.81. The molecule has 0 aliphatic rings. The molecule has 0 saturated carbocycles. The summed E-state index contributed by atoms with van der Waals surface area (Å²) in [5.74, 6) is 0.459. The Kier molecular flexibility index (Phi) is 7.24. The molecule has 0 fully saturated rings. The first-order chi connectivity index (χ1) is 9.22. The highest BCUT2D eigenvalue weighted by molar-refractivity contribution is 5.64. The molecule has 1 aromatic rings. The molecule has 0 saturated heterocycles. The first-order valence-electron chi connectivity index (χ1n) is 7.53. The molecule has 0 bridgehead atoms. The fraction of sp³-hybridized carbons (Fsp3) is 0.588. The molecule has 2 nitrogen and oxygen atoms in total. The fourth-order valence-corrected chi connectivity index (χ4v) is 2.66. The highest BCUT2D eigenvalue weighted by Crippen LogP contribution is 2.31. The lowest BCUT2D eigenvalue weighted by Crippen LogP contribution is -2.15. The van der Waals surface area contributed by atoms with Crippen molar-refractivity contribution in [3.8, 4) is 0 Å². The average Bonchev–Trinajstić information content (AvgIpc) is 2.42. The zero-order valence-corrected chi connectivity index (χ0v) is 12.3. The van der Waals surface area contributed by atoms with Crippen LogP contribution in [-0.2, 0) is 4.79 Å². The van der Waals surface area contributed by atoms with Crippen molar-refractivity contribution in [2.24, 2.45) is 5.92 Å². The monoisotopic (exact) mass is 261 g/mol. The molecule has 19 heavy (non-hydrogen) atoms. The van der Waals surface area contributed by atoms with Gasteiger partial charge in [-0.25, -0.2) is 0 Å². The topological polar surface area (TPSA) is 43.1 Å². The van der Waals surface area contributed by atoms with Crippen molar-refractivity contribution in [2.45, 2.75) is 58.3 Å². The van der Waals surface area contributed by atoms with Gasteiger partial charge < -0.3 is 10.5 Å². The Bertz CT molecular complexity index is 367. The maximum atomic E-state index is 11.5. The highest BCUT2D eigenvalue weighted by Gasteiger charge is 2.22. The number of anilines is 1. The first-order valence-corrected chi connectivity index (χ1v) is 7.53. The molecular formula is C17H27NO. The molecule has 2 heteroatoms. The van der Waals surface area contributed by atoms with Crippen LogP contribution >= 0.6 is 0 Å². The number of nitrogen functional groups attached to an aromatic ring is 1. The minimum atomic E-state index is 0.00148. The SMILES string of the molecule is CCCCC(CCCC)C(C=O)c1cccc(N)c1. The second-order valence-corrected chi connectivity index (χ2v) is 5.38. The molecule has 0 aliphatic heterocycles. The molecule has 0 heterocycles. The maximum absolute atomic E-state index is 11.5. The van der Waals surface area contributed by atoms with Crippen LogP contribution < -0.4 is 5.73 Å². The lowest BCUT2D eigenvalue weighted by molar-refractivity contribution is -0.110. The normalized spacial score (nSPS) is 12.6. The molecule has 1 unspecified atom stereocenters. The predicted molar refractivity (Wildman–Crippen MR) is 82.2 cm³/mol. The summed E-state index contributed by atoms with van der Waals surface area (Å²) >= 11 is 0. The second-order valence-electron chi connectivity index (χ2n) is 5.38. The van der Waals surface area contributed by atoms with E-state index < -0.39 is 0 Å². The summed E-state index contributed by atoms with van der Waals surface area (Å²) in [5.41, 5.74) is 7.66. The molecule has 0 radical (unpaired) electrons. The van der Waals surface area contributed by atoms with Crippen LogP contribution in [0, 0.1) is 5.92 Å². The van der Waals surface area contributed by atoms with Gasteiger partial charge in [0, 0.05) is 11.6 Å². The first kappa shape index (κ1) is 15.7. The molecule has 1 atom stereocenters. The zero-order chi connectivity index (χ0) is 14.1. The number of hydrogen-bond donors (Lipinski definition) is 1. The summed E-state index contributed by atoms with van der Waals surface area (Å²) in [4.78, 5) is 11.5. The van der Waals surface area contributed by atoms with E-state index in [1.165, 1.54) is 25.7 Å². The summed E-state index contributed by atoms with van der Waals surface area (Å²) < 4.78 is 0. The molecule has 0 aliphatic carbocycles. The molecule has 1 rings (SSSR count). The van der Waals surface area contributed by atoms with Crippen molar-refractivity contribution in [3.63, 3.8) is 0 Å². The van der Waals surface area contributed by atoms with Gasteiger partial charge in [-0.1, -0.05) is 51.7 Å². The third kappa shape index (κ3) is 5.06. The zero-order valence-electron chi connectivity index (χ0n) is 12.3. The van der Waals surface area contributed by atoms with E-state index >= 15 is 0 Å². The number of nitrogens with two attached hydrogens (primary N) is 1. The molecule has 106 valence electrons. The number of carbonyl (C=O) groups excluding carboxylic acids is 1. The lowest BCUT2D eigenvalue weighted by atomic mass is 9.80. The Morgan fingerprint density at radius 3 is 2.26 bits per heavy atom. The summed E-state index contributed by atoms with van der Waals surface area (Å²) in [6.45, 7) is 4.40. The van der Waals surface area contributed by atoms with Crippen LogP contribution in [0.4, 0.5) is 5.69 Å². The van der Waals surface area contributed by atoms with Gasteiger partial charge in [0.15, 0.2) is 0 Å². The van der Waals surface area contributed by atoms with Gasteiger partial charge in [-0.15, -0.1) is 0 Å². The quantitative estimate of drug-likeness (QED) is 0.523. The Labute approximate surface area is 117 Å². The summed E-state index contributed by atoms with van der Waals surface area (Å²) in [6, 6.07) is 7.79. The largest absolute Gasteiger partial charge is 0.399 e. The molecule has 2 N–H and O–H groups in total. The summed E-state index contributed by atoms with van der Waals surface area (Å²) in [6.07, 6.45) is 8.15. The van der Waals surface area contributed by atoms with Crippen LogP contribution in [0.1, 0.15) is 63.9 Å². The van der Waals surface area contributed by atoms with Crippen LogP contribution in [0.25, 0.3) is 0 Å². The standard InChI is InChI=1S/C17H27NO/c1-3-5-8-14(9-6-4-2)17(13-19)15-10-7-11-16(18)12-15/h7,10-14,17H,3-6,8-9,18H2,1-2H3. The number of unbranched alkanes of at least 4 members (excludes halogenated alkanes) is 2. The molecule has 1 aromatic carbocycles. The summed E-state index contributed by atoms with van der Waals surface area (Å²) in [5, 5.41) is 0. The van der Waals surface area contributed by atoms with Crippen molar-refractivity contribution in [3.05, 3.63) is 29.8 Å². The molecular weight excluding hydrogens is 234 g/mol. The Balaban J connectivity index is 2.84. The van der Waals surface area contributed by atoms with Crippen LogP contribution in [0.3, 0.4) is 0 Å². The van der Waals surface area contributed by atoms with E-state index in [1.807, 2.05) is 24.3 Å². The van der Waals surface area contributed by atoms with Crippen molar-refractivity contribution in [1.82, 2.24) is 0 Å². The van der Waals surface area contributed by atoms with E-state index in [-0.39, 0.29) is 5.92 Å². The fourth-order valence-electron chi connectivity index (χ4n) is 2.66. The summed E-state index contributed by atoms with van der Waals surface area (Å²) in [7, 11) is 0. The van der Waals surface area contributed by atoms with Crippen molar-refractivity contribution in [1.29, 1.82) is 0 Å². The molecule has 0 aromatic heterocycles. The number of aldehydes is 1. The van der Waals surface area contributed by atoms with Crippen LogP contribution in [0.15, 0.2) is 24.3 Å². The van der Waals surface area contributed by atoms with Gasteiger partial charge in [0.2, 0.25) is 0 Å². The number of benzene rings is 1. The second kappa shape index (κ2) is 8.73. The number of hydrogen-bond acceptors (Lipinski definition) is 2. The minimum absolute atomic E-state index is 0.00148. The Morgan fingerprint density at radius 1 is 1.16 bits per heavy atom. The minimum Gasteiger partial charge on any atom is -0.399 e. The van der Waals surface area contributed by atoms with Gasteiger partial charge >= 0.3 is 0 Å². The van der Waals surface area contributed by atoms with Gasteiger partial charge in [-0.2, -0.15) is 0 Å². The van der Waals surface area contributed by atoms with Crippen LogP contribution in [0.2, 0.25) is 0 Å². The van der Waals surface area contributed by atoms with Gasteiger partial charge in [0.25, 0.3) is 0 Å². The van der Waals surface area contributed by atoms with Crippen molar-refractivity contribution in [2.75, 3.05) is 5.73 Å². The van der Waals surface area contributed by atoms with Gasteiger partial charge in [0.05, 0.1) is 0 Å². The average molecular weight is 261 g/mol. The number of carbonyl (C=O) groups is 1. The molecule has 0 amide bonds. The van der Waals surface area contributed by atoms with E-state index in [9.17, 15) is 4.79 Å². The maximum Gasteiger partial charge on any atom is 0.127 e. The van der Waals surface area contributed by atoms with Gasteiger partial charge in [0.1, 0.15) is 6.29 Å². The van der Waals surface area contributed by atoms with E-state index in [4.69, 9.17) is 5.73 Å².